The molecule has 2 rings (SSSR count). The number of nitrogens with two attached hydrogens (primary N) is 1. The van der Waals surface area contributed by atoms with Gasteiger partial charge in [-0.25, -0.2) is 9.78 Å². The van der Waals surface area contributed by atoms with E-state index in [1.807, 2.05) is 37.3 Å². The number of ketones is 1. The maximum Gasteiger partial charge on any atom is 0.320 e. The lowest BCUT2D eigenvalue weighted by molar-refractivity contribution is 0.101. The van der Waals surface area contributed by atoms with Crippen LogP contribution in [0, 0.1) is 5.41 Å². The molecule has 1 heterocycles. The molecule has 0 spiro atoms. The zero-order valence-electron chi connectivity index (χ0n) is 14.8. The summed E-state index contributed by atoms with van der Waals surface area (Å²) in [7, 11) is 1.30. The molecule has 2 aromatic rings. The van der Waals surface area contributed by atoms with E-state index in [9.17, 15) is 9.59 Å². The predicted octanol–water partition coefficient (Wildman–Crippen LogP) is 2.72. The summed E-state index contributed by atoms with van der Waals surface area (Å²) in [4.78, 5) is 28.1. The van der Waals surface area contributed by atoms with Gasteiger partial charge in [0.25, 0.3) is 0 Å². The number of anilines is 2. The fraction of sp³-hybridized carbons (Fsp3) is 0.222. The molecule has 0 bridgehead atoms. The number of nitrogen functional groups attached to an aromatic ring is 1. The Kier molecular flexibility index (Phi) is 5.90. The Bertz CT molecular complexity index is 836. The molecule has 1 unspecified atom stereocenters. The molecule has 1 aromatic heterocycles. The van der Waals surface area contributed by atoms with Crippen molar-refractivity contribution < 1.29 is 14.3 Å². The van der Waals surface area contributed by atoms with Gasteiger partial charge in [0.05, 0.1) is 24.4 Å². The van der Waals surface area contributed by atoms with Gasteiger partial charge in [-0.05, 0) is 12.5 Å². The zero-order valence-corrected chi connectivity index (χ0v) is 14.8. The van der Waals surface area contributed by atoms with Crippen LogP contribution in [0.1, 0.15) is 41.5 Å². The number of Topliss-reactive ketones (excluding diaryl/α,β-unsaturated/α-hetero) is 1. The van der Waals surface area contributed by atoms with E-state index >= 15 is 0 Å². The van der Waals surface area contributed by atoms with Gasteiger partial charge in [-0.2, -0.15) is 0 Å². The summed E-state index contributed by atoms with van der Waals surface area (Å²) >= 11 is 0. The summed E-state index contributed by atoms with van der Waals surface area (Å²) in [5, 5.41) is 13.1. The van der Waals surface area contributed by atoms with E-state index in [0.717, 1.165) is 5.56 Å². The molecular formula is C18H21N5O3. The minimum atomic E-state index is -0.489. The first-order chi connectivity index (χ1) is 12.3. The molecule has 2 amide bonds. The van der Waals surface area contributed by atoms with Gasteiger partial charge in [-0.15, -0.1) is 0 Å². The van der Waals surface area contributed by atoms with E-state index < -0.39 is 11.8 Å². The molecule has 8 nitrogen and oxygen atoms in total. The topological polar surface area (TPSA) is 130 Å². The molecule has 5 N–H and O–H groups in total. The lowest BCUT2D eigenvalue weighted by Crippen LogP contribution is -2.31. The molecule has 0 saturated heterocycles. The second-order valence-electron chi connectivity index (χ2n) is 5.64. The minimum Gasteiger partial charge on any atom is -0.481 e. The van der Waals surface area contributed by atoms with Crippen molar-refractivity contribution in [2.75, 3.05) is 18.2 Å². The van der Waals surface area contributed by atoms with E-state index in [2.05, 4.69) is 15.6 Å². The highest BCUT2D eigenvalue weighted by molar-refractivity contribution is 6.09. The number of nitrogens with zero attached hydrogens (tertiary/aromatic N) is 1. The molecule has 0 fully saturated rings. The molecule has 0 saturated carbocycles. The largest absolute Gasteiger partial charge is 0.481 e. The molecule has 1 aromatic carbocycles. The zero-order chi connectivity index (χ0) is 19.3. The second kappa shape index (κ2) is 8.11. The van der Waals surface area contributed by atoms with Crippen molar-refractivity contribution in [1.82, 2.24) is 10.3 Å². The van der Waals surface area contributed by atoms with E-state index in [-0.39, 0.29) is 34.7 Å². The first-order valence-corrected chi connectivity index (χ1v) is 7.90. The summed E-state index contributed by atoms with van der Waals surface area (Å²) in [6.07, 6.45) is 0. The van der Waals surface area contributed by atoms with Crippen LogP contribution >= 0.6 is 0 Å². The summed E-state index contributed by atoms with van der Waals surface area (Å²) in [6.45, 7) is 3.15. The van der Waals surface area contributed by atoms with Crippen molar-refractivity contribution in [3.63, 3.8) is 0 Å². The van der Waals surface area contributed by atoms with Gasteiger partial charge in [0.1, 0.15) is 11.5 Å². The average Bonchev–Trinajstić information content (AvgIpc) is 2.61. The van der Waals surface area contributed by atoms with Crippen molar-refractivity contribution in [3.8, 4) is 0 Å². The fourth-order valence-electron chi connectivity index (χ4n) is 2.40. The molecule has 26 heavy (non-hydrogen) atoms. The number of ether oxygens (including phenoxy) is 1. The first kappa shape index (κ1) is 18.9. The van der Waals surface area contributed by atoms with Gasteiger partial charge in [-0.1, -0.05) is 30.3 Å². The Morgan fingerprint density at radius 3 is 2.50 bits per heavy atom. The van der Waals surface area contributed by atoms with Crippen molar-refractivity contribution in [1.29, 1.82) is 5.41 Å². The van der Waals surface area contributed by atoms with Gasteiger partial charge in [0.15, 0.2) is 5.78 Å². The van der Waals surface area contributed by atoms with Crippen LogP contribution in [-0.2, 0) is 4.74 Å². The molecule has 0 radical (unpaired) electrons. The number of methoxy groups -OCH3 is 1. The third-order valence-electron chi connectivity index (χ3n) is 3.70. The number of hydrogen-bond donors (Lipinski definition) is 4. The van der Waals surface area contributed by atoms with Crippen LogP contribution in [0.25, 0.3) is 0 Å². The quantitative estimate of drug-likeness (QED) is 0.372. The van der Waals surface area contributed by atoms with E-state index in [4.69, 9.17) is 15.9 Å². The smallest absolute Gasteiger partial charge is 0.320 e. The van der Waals surface area contributed by atoms with Gasteiger partial charge in [-0.3, -0.25) is 15.5 Å². The van der Waals surface area contributed by atoms with Crippen LogP contribution in [0.15, 0.2) is 36.4 Å². The summed E-state index contributed by atoms with van der Waals surface area (Å²) in [5.74, 6) is -0.553. The van der Waals surface area contributed by atoms with E-state index in [1.165, 1.54) is 20.1 Å². The lowest BCUT2D eigenvalue weighted by atomic mass is 10.1. The van der Waals surface area contributed by atoms with Crippen LogP contribution in [0.2, 0.25) is 0 Å². The Balaban J connectivity index is 2.20. The van der Waals surface area contributed by atoms with Crippen LogP contribution < -0.4 is 16.4 Å². The molecule has 0 aliphatic rings. The van der Waals surface area contributed by atoms with Crippen LogP contribution in [0.5, 0.6) is 0 Å². The van der Waals surface area contributed by atoms with Gasteiger partial charge >= 0.3 is 6.03 Å². The number of amides is 2. The fourth-order valence-corrected chi connectivity index (χ4v) is 2.40. The minimum absolute atomic E-state index is 0.0387. The number of nitrogens with one attached hydrogen (secondary N) is 3. The SMILES string of the molecule is COC(=N)c1c(N)cc(NC(=O)NC(C)c2ccccc2)nc1C(C)=O. The number of urea groups is 1. The normalized spacial score (nSPS) is 11.3. The maximum absolute atomic E-state index is 12.2. The molecule has 0 aliphatic heterocycles. The van der Waals surface area contributed by atoms with Gasteiger partial charge in [0, 0.05) is 13.0 Å². The molecule has 136 valence electrons. The molecule has 0 aliphatic carbocycles. The molecule has 1 atom stereocenters. The maximum atomic E-state index is 12.2. The number of hydrogen-bond acceptors (Lipinski definition) is 6. The van der Waals surface area contributed by atoms with Gasteiger partial charge in [0.2, 0.25) is 5.90 Å². The van der Waals surface area contributed by atoms with E-state index in [0.29, 0.717) is 0 Å². The monoisotopic (exact) mass is 355 g/mol. The Hall–Kier alpha value is -3.42. The summed E-state index contributed by atoms with van der Waals surface area (Å²) in [5.41, 5.74) is 7.04. The Morgan fingerprint density at radius 2 is 1.92 bits per heavy atom. The number of carbonyl (C=O) groups is 2. The lowest BCUT2D eigenvalue weighted by Gasteiger charge is -2.16. The summed E-state index contributed by atoms with van der Waals surface area (Å²) in [6, 6.07) is 10.1. The second-order valence-corrected chi connectivity index (χ2v) is 5.64. The Morgan fingerprint density at radius 1 is 1.27 bits per heavy atom. The predicted molar refractivity (Wildman–Crippen MR) is 99.5 cm³/mol. The van der Waals surface area contributed by atoms with Gasteiger partial charge < -0.3 is 15.8 Å². The van der Waals surface area contributed by atoms with Crippen molar-refractivity contribution in [2.45, 2.75) is 19.9 Å². The van der Waals surface area contributed by atoms with Crippen LogP contribution in [-0.4, -0.2) is 29.8 Å². The van der Waals surface area contributed by atoms with Crippen molar-refractivity contribution in [3.05, 3.63) is 53.2 Å². The highest BCUT2D eigenvalue weighted by Gasteiger charge is 2.20. The average molecular weight is 355 g/mol. The van der Waals surface area contributed by atoms with Crippen LogP contribution in [0.3, 0.4) is 0 Å². The summed E-state index contributed by atoms with van der Waals surface area (Å²) < 4.78 is 4.84. The van der Waals surface area contributed by atoms with Crippen molar-refractivity contribution >= 4 is 29.2 Å². The first-order valence-electron chi connectivity index (χ1n) is 7.90. The van der Waals surface area contributed by atoms with E-state index in [1.54, 1.807) is 0 Å². The highest BCUT2D eigenvalue weighted by Crippen LogP contribution is 2.21. The third kappa shape index (κ3) is 4.35. The number of aromatic nitrogens is 1. The molecule has 8 heteroatoms. The number of carbonyl (C=O) groups excluding carboxylic acids is 2. The molecular weight excluding hydrogens is 334 g/mol. The van der Waals surface area contributed by atoms with Crippen molar-refractivity contribution in [2.24, 2.45) is 0 Å². The number of benzene rings is 1. The number of pyridine rings is 1. The third-order valence-corrected chi connectivity index (χ3v) is 3.70. The Labute approximate surface area is 151 Å². The standard InChI is InChI=1S/C18H21N5O3/c1-10(12-7-5-4-6-8-12)21-18(25)23-14-9-13(19)15(17(20)26-3)16(22-14)11(2)24/h4-10,20H,1-3H3,(H4,19,21,22,23,25). The highest BCUT2D eigenvalue weighted by atomic mass is 16.5. The number of rotatable bonds is 5. The van der Waals surface area contributed by atoms with Crippen LogP contribution in [0.4, 0.5) is 16.3 Å².